The van der Waals surface area contributed by atoms with Crippen LogP contribution in [0.5, 0.6) is 5.75 Å². The van der Waals surface area contributed by atoms with Gasteiger partial charge in [-0.2, -0.15) is 4.31 Å². The maximum Gasteiger partial charge on any atom is 0.243 e. The molecule has 0 saturated carbocycles. The lowest BCUT2D eigenvalue weighted by Gasteiger charge is -2.20. The summed E-state index contributed by atoms with van der Waals surface area (Å²) >= 11 is 0. The Balaban J connectivity index is 2.24. The van der Waals surface area contributed by atoms with E-state index in [4.69, 9.17) is 4.74 Å². The molecule has 0 spiro atoms. The van der Waals surface area contributed by atoms with Crippen molar-refractivity contribution in [2.24, 2.45) is 5.92 Å². The number of carbonyl (C=O) groups is 1. The number of hydrogen-bond acceptors (Lipinski definition) is 4. The number of nitrogens with one attached hydrogen (secondary N) is 1. The molecule has 0 saturated heterocycles. The zero-order chi connectivity index (χ0) is 18.4. The van der Waals surface area contributed by atoms with E-state index in [2.05, 4.69) is 17.5 Å². The molecule has 1 aromatic carbocycles. The Kier molecular flexibility index (Phi) is 6.61. The van der Waals surface area contributed by atoms with E-state index in [1.807, 2.05) is 0 Å². The van der Waals surface area contributed by atoms with Gasteiger partial charge in [0.2, 0.25) is 15.9 Å². The van der Waals surface area contributed by atoms with Crippen molar-refractivity contribution >= 4 is 21.6 Å². The average molecular weight is 366 g/mol. The minimum absolute atomic E-state index is 0.146. The van der Waals surface area contributed by atoms with Crippen LogP contribution in [-0.4, -0.2) is 38.8 Å². The van der Waals surface area contributed by atoms with Gasteiger partial charge in [0, 0.05) is 19.5 Å². The largest absolute Gasteiger partial charge is 0.495 e. The average Bonchev–Trinajstić information content (AvgIpc) is 3.08. The molecular formula is C18H26N2O4S. The molecule has 0 heterocycles. The number of methoxy groups -OCH3 is 1. The topological polar surface area (TPSA) is 75.7 Å². The van der Waals surface area contributed by atoms with E-state index in [9.17, 15) is 13.2 Å². The lowest BCUT2D eigenvalue weighted by molar-refractivity contribution is -0.116. The number of sulfonamides is 1. The van der Waals surface area contributed by atoms with Gasteiger partial charge in [-0.05, 0) is 37.0 Å². The Labute approximate surface area is 149 Å². The molecule has 0 aliphatic heterocycles. The van der Waals surface area contributed by atoms with Gasteiger partial charge in [0.1, 0.15) is 5.75 Å². The predicted molar refractivity (Wildman–Crippen MR) is 98.2 cm³/mol. The Hall–Kier alpha value is -1.86. The van der Waals surface area contributed by atoms with E-state index in [0.717, 1.165) is 12.8 Å². The van der Waals surface area contributed by atoms with Crippen LogP contribution in [0.15, 0.2) is 35.2 Å². The molecule has 1 aliphatic rings. The van der Waals surface area contributed by atoms with Crippen LogP contribution in [0, 0.1) is 5.92 Å². The second kappa shape index (κ2) is 8.49. The summed E-state index contributed by atoms with van der Waals surface area (Å²) in [6.07, 6.45) is 6.49. The molecule has 1 aliphatic carbocycles. The molecule has 1 aromatic rings. The van der Waals surface area contributed by atoms with Crippen molar-refractivity contribution in [2.75, 3.05) is 25.5 Å². The zero-order valence-corrected chi connectivity index (χ0v) is 15.8. The van der Waals surface area contributed by atoms with E-state index in [1.54, 1.807) is 19.9 Å². The minimum atomic E-state index is -3.59. The second-order valence-corrected chi connectivity index (χ2v) is 7.91. The van der Waals surface area contributed by atoms with Crippen LogP contribution >= 0.6 is 0 Å². The summed E-state index contributed by atoms with van der Waals surface area (Å²) < 4.78 is 32.0. The van der Waals surface area contributed by atoms with Crippen LogP contribution in [-0.2, 0) is 14.8 Å². The Morgan fingerprint density at radius 2 is 2.04 bits per heavy atom. The smallest absolute Gasteiger partial charge is 0.243 e. The van der Waals surface area contributed by atoms with Crippen LogP contribution in [0.25, 0.3) is 0 Å². The second-order valence-electron chi connectivity index (χ2n) is 5.97. The summed E-state index contributed by atoms with van der Waals surface area (Å²) in [4.78, 5) is 12.4. The SMILES string of the molecule is CCN(CC)S(=O)(=O)c1ccc(OC)c(NC(=O)CC2C=CCC2)c1. The molecule has 25 heavy (non-hydrogen) atoms. The van der Waals surface area contributed by atoms with Gasteiger partial charge >= 0.3 is 0 Å². The number of allylic oxidation sites excluding steroid dienone is 2. The van der Waals surface area contributed by atoms with Crippen molar-refractivity contribution in [3.8, 4) is 5.75 Å². The molecule has 0 bridgehead atoms. The highest BCUT2D eigenvalue weighted by molar-refractivity contribution is 7.89. The van der Waals surface area contributed by atoms with E-state index >= 15 is 0 Å². The third-order valence-corrected chi connectivity index (χ3v) is 6.39. The maximum absolute atomic E-state index is 12.7. The summed E-state index contributed by atoms with van der Waals surface area (Å²) in [5.41, 5.74) is 0.378. The number of rotatable bonds is 8. The fourth-order valence-electron chi connectivity index (χ4n) is 2.96. The molecule has 7 heteroatoms. The minimum Gasteiger partial charge on any atom is -0.495 e. The van der Waals surface area contributed by atoms with Gasteiger partial charge in [-0.25, -0.2) is 8.42 Å². The summed E-state index contributed by atoms with van der Waals surface area (Å²) in [6, 6.07) is 4.54. The highest BCUT2D eigenvalue weighted by Crippen LogP contribution is 2.30. The first kappa shape index (κ1) is 19.5. The maximum atomic E-state index is 12.7. The first-order valence-corrected chi connectivity index (χ1v) is 10.0. The zero-order valence-electron chi connectivity index (χ0n) is 15.0. The summed E-state index contributed by atoms with van der Waals surface area (Å²) in [5.74, 6) is 0.537. The highest BCUT2D eigenvalue weighted by atomic mass is 32.2. The molecule has 1 unspecified atom stereocenters. The molecule has 6 nitrogen and oxygen atoms in total. The molecule has 2 rings (SSSR count). The van der Waals surface area contributed by atoms with Crippen molar-refractivity contribution < 1.29 is 17.9 Å². The van der Waals surface area contributed by atoms with Gasteiger partial charge in [0.15, 0.2) is 0 Å². The van der Waals surface area contributed by atoms with Crippen LogP contribution in [0.3, 0.4) is 0 Å². The van der Waals surface area contributed by atoms with Gasteiger partial charge in [0.05, 0.1) is 17.7 Å². The van der Waals surface area contributed by atoms with Gasteiger partial charge in [-0.15, -0.1) is 0 Å². The summed E-state index contributed by atoms with van der Waals surface area (Å²) in [6.45, 7) is 4.37. The molecule has 138 valence electrons. The van der Waals surface area contributed by atoms with Gasteiger partial charge in [-0.1, -0.05) is 26.0 Å². The molecular weight excluding hydrogens is 340 g/mol. The Morgan fingerprint density at radius 3 is 2.60 bits per heavy atom. The molecule has 0 fully saturated rings. The van der Waals surface area contributed by atoms with Crippen molar-refractivity contribution in [3.63, 3.8) is 0 Å². The summed E-state index contributed by atoms with van der Waals surface area (Å²) in [5, 5.41) is 2.80. The third kappa shape index (κ3) is 4.61. The fraction of sp³-hybridized carbons (Fsp3) is 0.500. The van der Waals surface area contributed by atoms with Crippen LogP contribution in [0.1, 0.15) is 33.1 Å². The lowest BCUT2D eigenvalue weighted by Crippen LogP contribution is -2.30. The van der Waals surface area contributed by atoms with Crippen LogP contribution in [0.2, 0.25) is 0 Å². The van der Waals surface area contributed by atoms with Gasteiger partial charge in [-0.3, -0.25) is 4.79 Å². The quantitative estimate of drug-likeness (QED) is 0.718. The van der Waals surface area contributed by atoms with Crippen molar-refractivity contribution in [1.82, 2.24) is 4.31 Å². The lowest BCUT2D eigenvalue weighted by atomic mass is 10.1. The van der Waals surface area contributed by atoms with Crippen molar-refractivity contribution in [3.05, 3.63) is 30.4 Å². The van der Waals surface area contributed by atoms with E-state index in [0.29, 0.717) is 30.9 Å². The predicted octanol–water partition coefficient (Wildman–Crippen LogP) is 3.02. The molecule has 0 aromatic heterocycles. The van der Waals surface area contributed by atoms with E-state index in [1.165, 1.54) is 23.5 Å². The molecule has 1 N–H and O–H groups in total. The number of anilines is 1. The van der Waals surface area contributed by atoms with Crippen LogP contribution in [0.4, 0.5) is 5.69 Å². The standard InChI is InChI=1S/C18H26N2O4S/c1-4-20(5-2)25(22,23)15-10-11-17(24-3)16(13-15)19-18(21)12-14-8-6-7-9-14/h6,8,10-11,13-14H,4-5,7,9,12H2,1-3H3,(H,19,21). The Morgan fingerprint density at radius 1 is 1.32 bits per heavy atom. The first-order valence-electron chi connectivity index (χ1n) is 8.57. The molecule has 1 atom stereocenters. The van der Waals surface area contributed by atoms with Gasteiger partial charge < -0.3 is 10.1 Å². The first-order chi connectivity index (χ1) is 11.9. The number of ether oxygens (including phenoxy) is 1. The third-order valence-electron chi connectivity index (χ3n) is 4.35. The number of nitrogens with zero attached hydrogens (tertiary/aromatic N) is 1. The number of hydrogen-bond donors (Lipinski definition) is 1. The monoisotopic (exact) mass is 366 g/mol. The Bertz CT molecular complexity index is 739. The highest BCUT2D eigenvalue weighted by Gasteiger charge is 2.23. The molecule has 1 amide bonds. The van der Waals surface area contributed by atoms with Crippen molar-refractivity contribution in [1.29, 1.82) is 0 Å². The van der Waals surface area contributed by atoms with E-state index in [-0.39, 0.29) is 16.7 Å². The number of amides is 1. The van der Waals surface area contributed by atoms with Crippen LogP contribution < -0.4 is 10.1 Å². The van der Waals surface area contributed by atoms with E-state index < -0.39 is 10.0 Å². The normalized spacial score (nSPS) is 17.0. The van der Waals surface area contributed by atoms with Gasteiger partial charge in [0.25, 0.3) is 0 Å². The van der Waals surface area contributed by atoms with Crippen molar-refractivity contribution in [2.45, 2.75) is 38.0 Å². The fourth-order valence-corrected chi connectivity index (χ4v) is 4.45. The summed E-state index contributed by atoms with van der Waals surface area (Å²) in [7, 11) is -2.10. The number of benzene rings is 1. The number of carbonyl (C=O) groups excluding carboxylic acids is 1. The molecule has 0 radical (unpaired) electrons.